The van der Waals surface area contributed by atoms with E-state index in [4.69, 9.17) is 4.74 Å². The van der Waals surface area contributed by atoms with Crippen LogP contribution >= 0.6 is 34.4 Å². The van der Waals surface area contributed by atoms with Gasteiger partial charge in [-0.15, -0.1) is 21.5 Å². The van der Waals surface area contributed by atoms with Gasteiger partial charge in [-0.3, -0.25) is 9.59 Å². The summed E-state index contributed by atoms with van der Waals surface area (Å²) < 4.78 is 5.44. The lowest BCUT2D eigenvalue weighted by Crippen LogP contribution is -2.16. The Morgan fingerprint density at radius 3 is 2.46 bits per heavy atom. The Labute approximate surface area is 150 Å². The van der Waals surface area contributed by atoms with Crippen molar-refractivity contribution in [3.05, 3.63) is 21.0 Å². The second-order valence-electron chi connectivity index (χ2n) is 4.73. The number of amides is 1. The average Bonchev–Trinajstić information content (AvgIpc) is 3.08. The number of methoxy groups -OCH3 is 1. The number of ether oxygens (including phenoxy) is 1. The molecule has 0 saturated heterocycles. The minimum atomic E-state index is -0.584. The number of carbonyl (C=O) groups excluding carboxylic acids is 3. The molecule has 0 bridgehead atoms. The van der Waals surface area contributed by atoms with Gasteiger partial charge in [0.15, 0.2) is 10.1 Å². The highest BCUT2D eigenvalue weighted by molar-refractivity contribution is 8.01. The number of Topliss-reactive ketones (excluding diaryl/α,β-unsaturated/α-hetero) is 1. The summed E-state index contributed by atoms with van der Waals surface area (Å²) in [5.74, 6) is -0.920. The summed E-state index contributed by atoms with van der Waals surface area (Å²) >= 11 is 3.74. The SMILES string of the molecule is COC(=O)c1c(NC(=O)CSc2nnc(C)s2)sc(C(C)=O)c1C. The molecule has 0 radical (unpaired) electrons. The molecule has 1 N–H and O–H groups in total. The summed E-state index contributed by atoms with van der Waals surface area (Å²) in [5, 5.41) is 11.6. The standard InChI is InChI=1S/C14H15N3O4S3/c1-6-10(13(20)21-4)12(24-11(6)7(2)18)15-9(19)5-22-14-17-16-8(3)23-14/h5H2,1-4H3,(H,15,19). The number of hydrogen-bond donors (Lipinski definition) is 1. The zero-order valence-corrected chi connectivity index (χ0v) is 15.9. The summed E-state index contributed by atoms with van der Waals surface area (Å²) in [6, 6.07) is 0. The fourth-order valence-electron chi connectivity index (χ4n) is 1.91. The molecule has 24 heavy (non-hydrogen) atoms. The van der Waals surface area contributed by atoms with Crippen LogP contribution in [0.25, 0.3) is 0 Å². The van der Waals surface area contributed by atoms with E-state index in [-0.39, 0.29) is 23.0 Å². The maximum atomic E-state index is 12.1. The number of anilines is 1. The summed E-state index contributed by atoms with van der Waals surface area (Å²) in [7, 11) is 1.26. The third-order valence-electron chi connectivity index (χ3n) is 2.94. The summed E-state index contributed by atoms with van der Waals surface area (Å²) in [6.45, 7) is 4.91. The molecule has 0 spiro atoms. The molecule has 128 valence electrons. The third kappa shape index (κ3) is 4.19. The van der Waals surface area contributed by atoms with Crippen LogP contribution in [0.3, 0.4) is 0 Å². The maximum Gasteiger partial charge on any atom is 0.341 e. The Hall–Kier alpha value is -1.78. The molecule has 10 heteroatoms. The molecular weight excluding hydrogens is 370 g/mol. The van der Waals surface area contributed by atoms with Crippen LogP contribution in [0.2, 0.25) is 0 Å². The molecule has 2 aromatic rings. The highest BCUT2D eigenvalue weighted by Crippen LogP contribution is 2.34. The van der Waals surface area contributed by atoms with Gasteiger partial charge in [-0.05, 0) is 26.3 Å². The number of thiophene rings is 1. The summed E-state index contributed by atoms with van der Waals surface area (Å²) in [4.78, 5) is 36.2. The highest BCUT2D eigenvalue weighted by atomic mass is 32.2. The number of esters is 1. The Balaban J connectivity index is 2.15. The van der Waals surface area contributed by atoms with Crippen LogP contribution in [0.5, 0.6) is 0 Å². The topological polar surface area (TPSA) is 98.2 Å². The quantitative estimate of drug-likeness (QED) is 0.464. The second-order valence-corrected chi connectivity index (χ2v) is 8.16. The van der Waals surface area contributed by atoms with Crippen molar-refractivity contribution in [2.24, 2.45) is 0 Å². The fourth-order valence-corrected chi connectivity index (χ4v) is 4.63. The Morgan fingerprint density at radius 1 is 1.21 bits per heavy atom. The van der Waals surface area contributed by atoms with Crippen LogP contribution in [0.1, 0.15) is 37.5 Å². The summed E-state index contributed by atoms with van der Waals surface area (Å²) in [5.41, 5.74) is 0.736. The van der Waals surface area contributed by atoms with E-state index in [1.54, 1.807) is 6.92 Å². The molecule has 1 amide bonds. The third-order valence-corrected chi connectivity index (χ3v) is 6.22. The van der Waals surface area contributed by atoms with E-state index >= 15 is 0 Å². The lowest BCUT2D eigenvalue weighted by Gasteiger charge is -2.05. The first kappa shape index (κ1) is 18.6. The molecule has 0 saturated carbocycles. The first-order valence-corrected chi connectivity index (χ1v) is 9.40. The van der Waals surface area contributed by atoms with Crippen molar-refractivity contribution in [1.29, 1.82) is 0 Å². The van der Waals surface area contributed by atoms with Crippen molar-refractivity contribution in [3.63, 3.8) is 0 Å². The number of thioether (sulfide) groups is 1. The minimum absolute atomic E-state index is 0.127. The van der Waals surface area contributed by atoms with E-state index in [0.29, 0.717) is 19.8 Å². The highest BCUT2D eigenvalue weighted by Gasteiger charge is 2.24. The Kier molecular flexibility index (Phi) is 6.08. The predicted molar refractivity (Wildman–Crippen MR) is 94.4 cm³/mol. The van der Waals surface area contributed by atoms with E-state index in [1.807, 2.05) is 6.92 Å². The van der Waals surface area contributed by atoms with E-state index in [9.17, 15) is 14.4 Å². The lowest BCUT2D eigenvalue weighted by atomic mass is 10.1. The summed E-state index contributed by atoms with van der Waals surface area (Å²) in [6.07, 6.45) is 0. The molecular formula is C14H15N3O4S3. The van der Waals surface area contributed by atoms with Gasteiger partial charge in [-0.2, -0.15) is 0 Å². The van der Waals surface area contributed by atoms with Crippen LogP contribution < -0.4 is 5.32 Å². The number of nitrogens with one attached hydrogen (secondary N) is 1. The number of hydrogen-bond acceptors (Lipinski definition) is 9. The molecule has 2 rings (SSSR count). The Bertz CT molecular complexity index is 797. The van der Waals surface area contributed by atoms with E-state index in [2.05, 4.69) is 15.5 Å². The van der Waals surface area contributed by atoms with Crippen LogP contribution in [-0.2, 0) is 9.53 Å². The number of ketones is 1. The molecule has 7 nitrogen and oxygen atoms in total. The van der Waals surface area contributed by atoms with Crippen LogP contribution in [0, 0.1) is 13.8 Å². The molecule has 0 aliphatic heterocycles. The van der Waals surface area contributed by atoms with Gasteiger partial charge in [-0.1, -0.05) is 23.1 Å². The van der Waals surface area contributed by atoms with E-state index in [0.717, 1.165) is 16.3 Å². The largest absolute Gasteiger partial charge is 0.465 e. The molecule has 0 fully saturated rings. The van der Waals surface area contributed by atoms with E-state index in [1.165, 1.54) is 37.1 Å². The smallest absolute Gasteiger partial charge is 0.341 e. The van der Waals surface area contributed by atoms with Crippen LogP contribution in [-0.4, -0.2) is 40.7 Å². The Morgan fingerprint density at radius 2 is 1.92 bits per heavy atom. The van der Waals surface area contributed by atoms with Gasteiger partial charge in [0.1, 0.15) is 10.0 Å². The number of rotatable bonds is 6. The van der Waals surface area contributed by atoms with Gasteiger partial charge in [0.2, 0.25) is 5.91 Å². The van der Waals surface area contributed by atoms with Crippen molar-refractivity contribution < 1.29 is 19.1 Å². The maximum absolute atomic E-state index is 12.1. The van der Waals surface area contributed by atoms with Gasteiger partial charge in [0.05, 0.1) is 23.3 Å². The predicted octanol–water partition coefficient (Wildman–Crippen LogP) is 2.94. The molecule has 2 aromatic heterocycles. The van der Waals surface area contributed by atoms with E-state index < -0.39 is 5.97 Å². The zero-order valence-electron chi connectivity index (χ0n) is 13.5. The number of aromatic nitrogens is 2. The first-order chi connectivity index (χ1) is 11.3. The monoisotopic (exact) mass is 385 g/mol. The molecule has 0 atom stereocenters. The fraction of sp³-hybridized carbons (Fsp3) is 0.357. The molecule has 0 aliphatic rings. The molecule has 0 unspecified atom stereocenters. The van der Waals surface area contributed by atoms with Gasteiger partial charge < -0.3 is 10.1 Å². The molecule has 2 heterocycles. The van der Waals surface area contributed by atoms with Gasteiger partial charge in [0, 0.05) is 0 Å². The second kappa shape index (κ2) is 7.86. The molecule has 0 aromatic carbocycles. The van der Waals surface area contributed by atoms with Gasteiger partial charge in [0.25, 0.3) is 0 Å². The van der Waals surface area contributed by atoms with Crippen molar-refractivity contribution >= 4 is 57.1 Å². The van der Waals surface area contributed by atoms with Crippen molar-refractivity contribution in [3.8, 4) is 0 Å². The minimum Gasteiger partial charge on any atom is -0.465 e. The lowest BCUT2D eigenvalue weighted by molar-refractivity contribution is -0.113. The molecule has 0 aliphatic carbocycles. The van der Waals surface area contributed by atoms with Crippen molar-refractivity contribution in [2.75, 3.05) is 18.2 Å². The normalized spacial score (nSPS) is 10.5. The average molecular weight is 385 g/mol. The van der Waals surface area contributed by atoms with Gasteiger partial charge in [-0.25, -0.2) is 4.79 Å². The van der Waals surface area contributed by atoms with Crippen LogP contribution in [0.15, 0.2) is 4.34 Å². The van der Waals surface area contributed by atoms with Crippen molar-refractivity contribution in [1.82, 2.24) is 10.2 Å². The number of nitrogens with zero attached hydrogens (tertiary/aromatic N) is 2. The number of aryl methyl sites for hydroxylation is 1. The first-order valence-electron chi connectivity index (χ1n) is 6.78. The van der Waals surface area contributed by atoms with Crippen LogP contribution in [0.4, 0.5) is 5.00 Å². The van der Waals surface area contributed by atoms with Gasteiger partial charge >= 0.3 is 5.97 Å². The zero-order chi connectivity index (χ0) is 17.9. The number of carbonyl (C=O) groups is 3. The van der Waals surface area contributed by atoms with Crippen molar-refractivity contribution in [2.45, 2.75) is 25.1 Å².